The van der Waals surface area contributed by atoms with Crippen LogP contribution in [0.2, 0.25) is 0 Å². The minimum absolute atomic E-state index is 0.987. The van der Waals surface area contributed by atoms with E-state index in [-0.39, 0.29) is 0 Å². The summed E-state index contributed by atoms with van der Waals surface area (Å²) in [6.07, 6.45) is 1.93. The molecular weight excluding hydrogens is 434 g/mol. The van der Waals surface area contributed by atoms with Crippen molar-refractivity contribution in [3.63, 3.8) is 0 Å². The number of nitrogens with zero attached hydrogens (tertiary/aromatic N) is 1. The monoisotopic (exact) mass is 459 g/mol. The number of aromatic nitrogens is 1. The van der Waals surface area contributed by atoms with Crippen molar-refractivity contribution in [1.29, 1.82) is 0 Å². The van der Waals surface area contributed by atoms with Gasteiger partial charge in [0.25, 0.3) is 0 Å². The quantitative estimate of drug-likeness (QED) is 0.250. The maximum atomic E-state index is 5.00. The van der Waals surface area contributed by atoms with Crippen molar-refractivity contribution in [3.8, 4) is 55.8 Å². The molecule has 0 unspecified atom stereocenters. The van der Waals surface area contributed by atoms with Crippen molar-refractivity contribution in [2.45, 2.75) is 0 Å². The SMILES string of the molecule is c1ccc(-c2ccccc2-c2ccccc2-c2nccc(-c3ccccc3)c2-c2ccccc2)cc1. The third-order valence-electron chi connectivity index (χ3n) is 6.58. The van der Waals surface area contributed by atoms with Gasteiger partial charge in [-0.05, 0) is 45.0 Å². The number of hydrogen-bond donors (Lipinski definition) is 0. The second-order valence-corrected chi connectivity index (χ2v) is 8.77. The molecular formula is C35H25N. The normalized spacial score (nSPS) is 10.8. The second kappa shape index (κ2) is 9.85. The standard InChI is InChI=1S/C35H25N/c1-4-14-26(15-5-1)29-20-10-11-21-31(29)32-22-12-13-23-33(32)35-34(28-18-8-3-9-19-28)30(24-25-36-35)27-16-6-2-7-17-27/h1-25H. The van der Waals surface area contributed by atoms with E-state index in [9.17, 15) is 0 Å². The molecule has 0 bridgehead atoms. The van der Waals surface area contributed by atoms with Crippen LogP contribution < -0.4 is 0 Å². The number of pyridine rings is 1. The third kappa shape index (κ3) is 4.12. The van der Waals surface area contributed by atoms with Crippen molar-refractivity contribution < 1.29 is 0 Å². The van der Waals surface area contributed by atoms with E-state index in [2.05, 4.69) is 146 Å². The van der Waals surface area contributed by atoms with E-state index < -0.39 is 0 Å². The molecule has 1 heterocycles. The van der Waals surface area contributed by atoms with E-state index in [1.807, 2.05) is 6.20 Å². The highest BCUT2D eigenvalue weighted by Crippen LogP contribution is 2.43. The van der Waals surface area contributed by atoms with Crippen molar-refractivity contribution in [1.82, 2.24) is 4.98 Å². The number of hydrogen-bond acceptors (Lipinski definition) is 1. The Kier molecular flexibility index (Phi) is 5.96. The zero-order chi connectivity index (χ0) is 24.2. The van der Waals surface area contributed by atoms with E-state index in [0.29, 0.717) is 0 Å². The van der Waals surface area contributed by atoms with E-state index in [1.165, 1.54) is 33.4 Å². The summed E-state index contributed by atoms with van der Waals surface area (Å²) in [5.74, 6) is 0. The largest absolute Gasteiger partial charge is 0.256 e. The first kappa shape index (κ1) is 21.8. The van der Waals surface area contributed by atoms with Crippen LogP contribution in [-0.2, 0) is 0 Å². The molecule has 5 aromatic carbocycles. The summed E-state index contributed by atoms with van der Waals surface area (Å²) in [6.45, 7) is 0. The van der Waals surface area contributed by atoms with Gasteiger partial charge >= 0.3 is 0 Å². The lowest BCUT2D eigenvalue weighted by Crippen LogP contribution is -1.96. The molecule has 0 saturated heterocycles. The van der Waals surface area contributed by atoms with Gasteiger partial charge in [-0.25, -0.2) is 0 Å². The Bertz CT molecular complexity index is 1600. The molecule has 0 N–H and O–H groups in total. The smallest absolute Gasteiger partial charge is 0.0792 e. The molecule has 6 rings (SSSR count). The molecule has 0 atom stereocenters. The fourth-order valence-corrected chi connectivity index (χ4v) is 4.93. The summed E-state index contributed by atoms with van der Waals surface area (Å²) in [7, 11) is 0. The van der Waals surface area contributed by atoms with E-state index in [4.69, 9.17) is 4.98 Å². The first-order valence-corrected chi connectivity index (χ1v) is 12.2. The Labute approximate surface area is 212 Å². The summed E-state index contributed by atoms with van der Waals surface area (Å²) in [5, 5.41) is 0. The molecule has 1 nitrogen and oxygen atoms in total. The van der Waals surface area contributed by atoms with Crippen molar-refractivity contribution in [2.24, 2.45) is 0 Å². The highest BCUT2D eigenvalue weighted by molar-refractivity contribution is 5.98. The van der Waals surface area contributed by atoms with Crippen LogP contribution in [0.1, 0.15) is 0 Å². The van der Waals surface area contributed by atoms with E-state index in [1.54, 1.807) is 0 Å². The fraction of sp³-hybridized carbons (Fsp3) is 0. The van der Waals surface area contributed by atoms with Crippen LogP contribution in [0.25, 0.3) is 55.8 Å². The average molecular weight is 460 g/mol. The zero-order valence-electron chi connectivity index (χ0n) is 19.9. The molecule has 0 radical (unpaired) electrons. The predicted octanol–water partition coefficient (Wildman–Crippen LogP) is 9.42. The highest BCUT2D eigenvalue weighted by Gasteiger charge is 2.19. The Hall–Kier alpha value is -4.75. The van der Waals surface area contributed by atoms with Crippen LogP contribution in [0.4, 0.5) is 0 Å². The Morgan fingerprint density at radius 2 is 0.722 bits per heavy atom. The van der Waals surface area contributed by atoms with Gasteiger partial charge in [-0.3, -0.25) is 4.98 Å². The molecule has 0 fully saturated rings. The molecule has 0 aliphatic rings. The van der Waals surface area contributed by atoms with Gasteiger partial charge in [-0.15, -0.1) is 0 Å². The average Bonchev–Trinajstić information content (AvgIpc) is 2.98. The molecule has 0 aliphatic carbocycles. The van der Waals surface area contributed by atoms with Crippen LogP contribution in [-0.4, -0.2) is 4.98 Å². The topological polar surface area (TPSA) is 12.9 Å². The Balaban J connectivity index is 1.63. The van der Waals surface area contributed by atoms with Gasteiger partial charge in [0.05, 0.1) is 5.69 Å². The van der Waals surface area contributed by atoms with Crippen molar-refractivity contribution >= 4 is 0 Å². The van der Waals surface area contributed by atoms with Gasteiger partial charge in [0.15, 0.2) is 0 Å². The summed E-state index contributed by atoms with van der Waals surface area (Å²) in [4.78, 5) is 5.00. The Morgan fingerprint density at radius 3 is 1.31 bits per heavy atom. The van der Waals surface area contributed by atoms with Crippen molar-refractivity contribution in [3.05, 3.63) is 152 Å². The summed E-state index contributed by atoms with van der Waals surface area (Å²) in [5.41, 5.74) is 11.6. The molecule has 0 aliphatic heterocycles. The summed E-state index contributed by atoms with van der Waals surface area (Å²) in [6, 6.07) is 51.2. The van der Waals surface area contributed by atoms with Gasteiger partial charge < -0.3 is 0 Å². The lowest BCUT2D eigenvalue weighted by atomic mass is 9.86. The van der Waals surface area contributed by atoms with E-state index in [0.717, 1.165) is 22.4 Å². The number of rotatable bonds is 5. The molecule has 0 amide bonds. The minimum atomic E-state index is 0.987. The van der Waals surface area contributed by atoms with Gasteiger partial charge in [-0.2, -0.15) is 0 Å². The van der Waals surface area contributed by atoms with Gasteiger partial charge in [-0.1, -0.05) is 140 Å². The first-order valence-electron chi connectivity index (χ1n) is 12.2. The highest BCUT2D eigenvalue weighted by atomic mass is 14.7. The first-order chi connectivity index (χ1) is 17.9. The maximum absolute atomic E-state index is 5.00. The molecule has 1 heteroatoms. The Morgan fingerprint density at radius 1 is 0.306 bits per heavy atom. The number of benzene rings is 5. The van der Waals surface area contributed by atoms with Gasteiger partial charge in [0.2, 0.25) is 0 Å². The van der Waals surface area contributed by atoms with Crippen LogP contribution >= 0.6 is 0 Å². The van der Waals surface area contributed by atoms with Crippen molar-refractivity contribution in [2.75, 3.05) is 0 Å². The lowest BCUT2D eigenvalue weighted by molar-refractivity contribution is 1.32. The van der Waals surface area contributed by atoms with E-state index >= 15 is 0 Å². The molecule has 1 aromatic heterocycles. The molecule has 6 aromatic rings. The van der Waals surface area contributed by atoms with Gasteiger partial charge in [0.1, 0.15) is 0 Å². The van der Waals surface area contributed by atoms with Crippen LogP contribution in [0.5, 0.6) is 0 Å². The third-order valence-corrected chi connectivity index (χ3v) is 6.58. The summed E-state index contributed by atoms with van der Waals surface area (Å²) >= 11 is 0. The van der Waals surface area contributed by atoms with Crippen LogP contribution in [0.15, 0.2) is 152 Å². The lowest BCUT2D eigenvalue weighted by Gasteiger charge is -2.19. The molecule has 36 heavy (non-hydrogen) atoms. The molecule has 170 valence electrons. The minimum Gasteiger partial charge on any atom is -0.256 e. The van der Waals surface area contributed by atoms with Gasteiger partial charge in [0, 0.05) is 17.3 Å². The summed E-state index contributed by atoms with van der Waals surface area (Å²) < 4.78 is 0. The zero-order valence-corrected chi connectivity index (χ0v) is 19.9. The maximum Gasteiger partial charge on any atom is 0.0792 e. The molecule has 0 spiro atoms. The predicted molar refractivity (Wildman–Crippen MR) is 151 cm³/mol. The van der Waals surface area contributed by atoms with Crippen LogP contribution in [0, 0.1) is 0 Å². The van der Waals surface area contributed by atoms with Crippen LogP contribution in [0.3, 0.4) is 0 Å². The second-order valence-electron chi connectivity index (χ2n) is 8.77. The fourth-order valence-electron chi connectivity index (χ4n) is 4.93. The molecule has 0 saturated carbocycles.